The number of ether oxygens (including phenoxy) is 1. The van der Waals surface area contributed by atoms with Crippen molar-refractivity contribution in [2.24, 2.45) is 0 Å². The smallest absolute Gasteiger partial charge is 0.358 e. The molecule has 9 nitrogen and oxygen atoms in total. The van der Waals surface area contributed by atoms with E-state index >= 15 is 0 Å². The summed E-state index contributed by atoms with van der Waals surface area (Å²) in [6.45, 7) is 0.0700. The van der Waals surface area contributed by atoms with E-state index < -0.39 is 23.4 Å². The molecule has 0 spiro atoms. The lowest BCUT2D eigenvalue weighted by Gasteiger charge is -2.05. The molecule has 1 amide bonds. The molecule has 0 unspecified atom stereocenters. The van der Waals surface area contributed by atoms with Crippen LogP contribution in [-0.4, -0.2) is 28.4 Å². The highest BCUT2D eigenvalue weighted by molar-refractivity contribution is 7.13. The number of nitrogens with one attached hydrogen (secondary N) is 2. The Morgan fingerprint density at radius 2 is 1.83 bits per heavy atom. The van der Waals surface area contributed by atoms with Gasteiger partial charge < -0.3 is 15.4 Å². The minimum absolute atomic E-state index is 0.0883. The van der Waals surface area contributed by atoms with Gasteiger partial charge in [0.15, 0.2) is 17.4 Å². The van der Waals surface area contributed by atoms with Crippen molar-refractivity contribution < 1.29 is 19.2 Å². The number of amides is 1. The van der Waals surface area contributed by atoms with E-state index in [0.717, 1.165) is 5.56 Å². The van der Waals surface area contributed by atoms with Crippen molar-refractivity contribution in [1.82, 2.24) is 4.98 Å². The molecule has 3 rings (SSSR count). The lowest BCUT2D eigenvalue weighted by molar-refractivity contribution is -0.384. The van der Waals surface area contributed by atoms with Crippen molar-refractivity contribution >= 4 is 39.7 Å². The average molecular weight is 412 g/mol. The molecule has 0 aliphatic heterocycles. The molecule has 1 aromatic heterocycles. The van der Waals surface area contributed by atoms with Crippen LogP contribution in [0.1, 0.15) is 16.1 Å². The molecule has 0 bridgehead atoms. The van der Waals surface area contributed by atoms with E-state index in [1.165, 1.54) is 35.6 Å². The first kappa shape index (κ1) is 20.0. The second-order valence-corrected chi connectivity index (χ2v) is 6.66. The fourth-order valence-electron chi connectivity index (χ4n) is 2.29. The molecule has 29 heavy (non-hydrogen) atoms. The zero-order chi connectivity index (χ0) is 20.6. The van der Waals surface area contributed by atoms with Crippen molar-refractivity contribution in [3.8, 4) is 0 Å². The van der Waals surface area contributed by atoms with Crippen LogP contribution in [0.4, 0.5) is 16.5 Å². The molecule has 148 valence electrons. The molecule has 3 aromatic rings. The molecule has 0 saturated heterocycles. The van der Waals surface area contributed by atoms with Gasteiger partial charge in [0.05, 0.1) is 4.92 Å². The van der Waals surface area contributed by atoms with Crippen LogP contribution in [0.25, 0.3) is 0 Å². The Morgan fingerprint density at radius 1 is 1.10 bits per heavy atom. The zero-order valence-corrected chi connectivity index (χ0v) is 15.8. The summed E-state index contributed by atoms with van der Waals surface area (Å²) in [6.07, 6.45) is 0. The number of non-ortho nitro benzene ring substituents is 1. The number of benzene rings is 2. The average Bonchev–Trinajstić information content (AvgIpc) is 3.21. The minimum atomic E-state index is -0.715. The predicted molar refractivity (Wildman–Crippen MR) is 108 cm³/mol. The summed E-state index contributed by atoms with van der Waals surface area (Å²) in [4.78, 5) is 38.2. The van der Waals surface area contributed by atoms with Crippen LogP contribution in [0.2, 0.25) is 0 Å². The van der Waals surface area contributed by atoms with Crippen LogP contribution < -0.4 is 10.6 Å². The number of nitro benzene ring substituents is 1. The summed E-state index contributed by atoms with van der Waals surface area (Å²) in [5.41, 5.74) is 1.45. The summed E-state index contributed by atoms with van der Waals surface area (Å²) in [5, 5.41) is 18.3. The molecular weight excluding hydrogens is 396 g/mol. The van der Waals surface area contributed by atoms with Gasteiger partial charge in [-0.05, 0) is 17.7 Å². The summed E-state index contributed by atoms with van der Waals surface area (Å²) >= 11 is 1.26. The van der Waals surface area contributed by atoms with Crippen LogP contribution in [0.15, 0.2) is 60.0 Å². The van der Waals surface area contributed by atoms with E-state index in [1.807, 2.05) is 30.3 Å². The van der Waals surface area contributed by atoms with Gasteiger partial charge in [-0.25, -0.2) is 9.78 Å². The molecule has 0 aliphatic carbocycles. The van der Waals surface area contributed by atoms with E-state index in [0.29, 0.717) is 17.4 Å². The quantitative estimate of drug-likeness (QED) is 0.330. The Labute approximate surface area is 169 Å². The van der Waals surface area contributed by atoms with Gasteiger partial charge in [0.25, 0.3) is 11.6 Å². The van der Waals surface area contributed by atoms with Crippen molar-refractivity contribution in [1.29, 1.82) is 0 Å². The Kier molecular flexibility index (Phi) is 6.48. The van der Waals surface area contributed by atoms with Crippen LogP contribution in [0.5, 0.6) is 0 Å². The fraction of sp³-hybridized carbons (Fsp3) is 0.105. The number of esters is 1. The van der Waals surface area contributed by atoms with Gasteiger partial charge in [-0.3, -0.25) is 14.9 Å². The highest BCUT2D eigenvalue weighted by Gasteiger charge is 2.14. The monoisotopic (exact) mass is 412 g/mol. The molecule has 1 heterocycles. The number of aromatic nitrogens is 1. The second kappa shape index (κ2) is 9.42. The lowest BCUT2D eigenvalue weighted by Crippen LogP contribution is -2.21. The standard InChI is InChI=1S/C19H16N4O5S/c24-17(21-14-6-8-15(9-7-14)23(26)27)11-28-18(25)16-12-29-19(22-16)20-10-13-4-2-1-3-5-13/h1-9,12H,10-11H2,(H,20,22)(H,21,24). The Bertz CT molecular complexity index is 1000. The van der Waals surface area contributed by atoms with Gasteiger partial charge in [-0.15, -0.1) is 11.3 Å². The largest absolute Gasteiger partial charge is 0.451 e. The molecule has 0 aliphatic rings. The zero-order valence-electron chi connectivity index (χ0n) is 15.0. The first-order valence-electron chi connectivity index (χ1n) is 8.46. The Balaban J connectivity index is 1.45. The Hall–Kier alpha value is -3.79. The third kappa shape index (κ3) is 5.84. The van der Waals surface area contributed by atoms with Gasteiger partial charge in [0.1, 0.15) is 0 Å². The number of rotatable bonds is 8. The molecule has 0 fully saturated rings. The topological polar surface area (TPSA) is 123 Å². The molecular formula is C19H16N4O5S. The van der Waals surface area contributed by atoms with Gasteiger partial charge >= 0.3 is 5.97 Å². The number of carbonyl (C=O) groups is 2. The summed E-state index contributed by atoms with van der Waals surface area (Å²) in [7, 11) is 0. The van der Waals surface area contributed by atoms with Crippen molar-refractivity contribution in [3.05, 3.63) is 81.3 Å². The number of anilines is 2. The van der Waals surface area contributed by atoms with E-state index in [9.17, 15) is 19.7 Å². The van der Waals surface area contributed by atoms with E-state index in [2.05, 4.69) is 15.6 Å². The highest BCUT2D eigenvalue weighted by Crippen LogP contribution is 2.18. The second-order valence-electron chi connectivity index (χ2n) is 5.81. The maximum Gasteiger partial charge on any atom is 0.358 e. The van der Waals surface area contributed by atoms with Crippen LogP contribution in [0.3, 0.4) is 0 Å². The number of nitrogens with zero attached hydrogens (tertiary/aromatic N) is 2. The van der Waals surface area contributed by atoms with Crippen molar-refractivity contribution in [2.45, 2.75) is 6.54 Å². The molecule has 2 aromatic carbocycles. The highest BCUT2D eigenvalue weighted by atomic mass is 32.1. The lowest BCUT2D eigenvalue weighted by atomic mass is 10.2. The van der Waals surface area contributed by atoms with E-state index in [-0.39, 0.29) is 11.4 Å². The number of nitro groups is 1. The van der Waals surface area contributed by atoms with Gasteiger partial charge in [0, 0.05) is 29.7 Å². The molecule has 2 N–H and O–H groups in total. The van der Waals surface area contributed by atoms with Gasteiger partial charge in [0.2, 0.25) is 0 Å². The van der Waals surface area contributed by atoms with Crippen LogP contribution >= 0.6 is 11.3 Å². The number of carbonyl (C=O) groups excluding carboxylic acids is 2. The van der Waals surface area contributed by atoms with Crippen molar-refractivity contribution in [3.63, 3.8) is 0 Å². The normalized spacial score (nSPS) is 10.2. The predicted octanol–water partition coefficient (Wildman–Crippen LogP) is 3.46. The number of hydrogen-bond acceptors (Lipinski definition) is 8. The first-order valence-corrected chi connectivity index (χ1v) is 9.34. The molecule has 0 radical (unpaired) electrons. The summed E-state index contributed by atoms with van der Waals surface area (Å²) in [6, 6.07) is 15.1. The van der Waals surface area contributed by atoms with Gasteiger partial charge in [-0.2, -0.15) is 0 Å². The third-order valence-corrected chi connectivity index (χ3v) is 4.50. The first-order chi connectivity index (χ1) is 14.0. The minimum Gasteiger partial charge on any atom is -0.451 e. The summed E-state index contributed by atoms with van der Waals surface area (Å²) in [5.74, 6) is -1.28. The number of thiazole rings is 1. The maximum atomic E-state index is 12.0. The molecule has 10 heteroatoms. The molecule has 0 saturated carbocycles. The fourth-order valence-corrected chi connectivity index (χ4v) is 2.97. The Morgan fingerprint density at radius 3 is 2.52 bits per heavy atom. The maximum absolute atomic E-state index is 12.0. The van der Waals surface area contributed by atoms with Crippen LogP contribution in [0, 0.1) is 10.1 Å². The van der Waals surface area contributed by atoms with Crippen molar-refractivity contribution in [2.75, 3.05) is 17.2 Å². The number of hydrogen-bond donors (Lipinski definition) is 2. The third-order valence-electron chi connectivity index (χ3n) is 3.70. The van der Waals surface area contributed by atoms with Gasteiger partial charge in [-0.1, -0.05) is 30.3 Å². The van der Waals surface area contributed by atoms with Crippen LogP contribution in [-0.2, 0) is 16.1 Å². The molecule has 0 atom stereocenters. The van der Waals surface area contributed by atoms with E-state index in [4.69, 9.17) is 4.74 Å². The van der Waals surface area contributed by atoms with E-state index in [1.54, 1.807) is 5.38 Å². The summed E-state index contributed by atoms with van der Waals surface area (Å²) < 4.78 is 4.96. The SMILES string of the molecule is O=C(COC(=O)c1csc(NCc2ccccc2)n1)Nc1ccc([N+](=O)[O-])cc1.